The second-order valence-corrected chi connectivity index (χ2v) is 5.10. The first-order valence-electron chi connectivity index (χ1n) is 6.75. The Balaban J connectivity index is 2.03. The van der Waals surface area contributed by atoms with Crippen molar-refractivity contribution in [1.82, 2.24) is 0 Å². The lowest BCUT2D eigenvalue weighted by Gasteiger charge is -2.16. The first-order valence-corrected chi connectivity index (χ1v) is 6.75. The van der Waals surface area contributed by atoms with Crippen LogP contribution < -0.4 is 15.0 Å². The average Bonchev–Trinajstić information content (AvgIpc) is 2.46. The molecule has 0 heterocycles. The van der Waals surface area contributed by atoms with Crippen LogP contribution in [0.5, 0.6) is 5.75 Å². The van der Waals surface area contributed by atoms with Crippen LogP contribution in [0.15, 0.2) is 42.5 Å². The lowest BCUT2D eigenvalue weighted by atomic mass is 10.1. The van der Waals surface area contributed by atoms with Gasteiger partial charge in [0.15, 0.2) is 0 Å². The van der Waals surface area contributed by atoms with Gasteiger partial charge in [-0.3, -0.25) is 0 Å². The van der Waals surface area contributed by atoms with Gasteiger partial charge in [-0.2, -0.15) is 0 Å². The minimum Gasteiger partial charge on any atom is -0.497 e. The van der Waals surface area contributed by atoms with Crippen LogP contribution in [0, 0.1) is 6.92 Å². The fraction of sp³-hybridized carbons (Fsp3) is 0.294. The maximum absolute atomic E-state index is 5.16. The molecule has 1 N–H and O–H groups in total. The Labute approximate surface area is 121 Å². The fourth-order valence-electron chi connectivity index (χ4n) is 2.07. The summed E-state index contributed by atoms with van der Waals surface area (Å²) in [4.78, 5) is 2.11. The van der Waals surface area contributed by atoms with Crippen LogP contribution in [0.1, 0.15) is 11.1 Å². The second-order valence-electron chi connectivity index (χ2n) is 5.10. The normalized spacial score (nSPS) is 10.2. The number of hydrogen-bond acceptors (Lipinski definition) is 3. The van der Waals surface area contributed by atoms with Crippen LogP contribution in [-0.4, -0.2) is 21.2 Å². The van der Waals surface area contributed by atoms with Crippen molar-refractivity contribution < 1.29 is 4.74 Å². The molecule has 0 spiro atoms. The van der Waals surface area contributed by atoms with Gasteiger partial charge in [-0.15, -0.1) is 0 Å². The molecule has 0 bridgehead atoms. The monoisotopic (exact) mass is 270 g/mol. The molecule has 0 atom stereocenters. The smallest absolute Gasteiger partial charge is 0.118 e. The summed E-state index contributed by atoms with van der Waals surface area (Å²) in [5.74, 6) is 0.889. The maximum Gasteiger partial charge on any atom is 0.118 e. The number of hydrogen-bond donors (Lipinski definition) is 1. The van der Waals surface area contributed by atoms with Gasteiger partial charge >= 0.3 is 0 Å². The highest BCUT2D eigenvalue weighted by atomic mass is 16.5. The molecule has 0 aliphatic carbocycles. The molecular formula is C17H22N2O. The summed E-state index contributed by atoms with van der Waals surface area (Å²) in [6.07, 6.45) is 0. The number of nitrogens with one attached hydrogen (secondary N) is 1. The SMILES string of the molecule is COc1ccc(CNc2ccc(N(C)C)cc2C)cc1. The van der Waals surface area contributed by atoms with Gasteiger partial charge < -0.3 is 15.0 Å². The van der Waals surface area contributed by atoms with Crippen LogP contribution in [0.2, 0.25) is 0 Å². The molecule has 20 heavy (non-hydrogen) atoms. The van der Waals surface area contributed by atoms with Crippen LogP contribution >= 0.6 is 0 Å². The number of benzene rings is 2. The summed E-state index contributed by atoms with van der Waals surface area (Å²) in [5.41, 5.74) is 4.88. The molecule has 0 unspecified atom stereocenters. The zero-order valence-electron chi connectivity index (χ0n) is 12.6. The lowest BCUT2D eigenvalue weighted by molar-refractivity contribution is 0.414. The van der Waals surface area contributed by atoms with Gasteiger partial charge in [0, 0.05) is 32.0 Å². The van der Waals surface area contributed by atoms with Gasteiger partial charge in [-0.05, 0) is 48.4 Å². The largest absolute Gasteiger partial charge is 0.497 e. The van der Waals surface area contributed by atoms with Gasteiger partial charge in [-0.1, -0.05) is 12.1 Å². The minimum absolute atomic E-state index is 0.812. The lowest BCUT2D eigenvalue weighted by Crippen LogP contribution is -2.09. The van der Waals surface area contributed by atoms with E-state index in [1.165, 1.54) is 22.5 Å². The number of anilines is 2. The second kappa shape index (κ2) is 6.33. The molecule has 0 aliphatic heterocycles. The molecule has 2 rings (SSSR count). The van der Waals surface area contributed by atoms with Crippen molar-refractivity contribution in [3.8, 4) is 5.75 Å². The van der Waals surface area contributed by atoms with Crippen LogP contribution in [0.4, 0.5) is 11.4 Å². The van der Waals surface area contributed by atoms with Crippen molar-refractivity contribution >= 4 is 11.4 Å². The van der Waals surface area contributed by atoms with Crippen molar-refractivity contribution in [3.05, 3.63) is 53.6 Å². The van der Waals surface area contributed by atoms with Crippen molar-refractivity contribution in [2.24, 2.45) is 0 Å². The first-order chi connectivity index (χ1) is 9.60. The highest BCUT2D eigenvalue weighted by molar-refractivity contribution is 5.59. The van der Waals surface area contributed by atoms with Crippen molar-refractivity contribution in [1.29, 1.82) is 0 Å². The van der Waals surface area contributed by atoms with E-state index in [1.54, 1.807) is 7.11 Å². The van der Waals surface area contributed by atoms with Gasteiger partial charge in [0.05, 0.1) is 7.11 Å². The fourth-order valence-corrected chi connectivity index (χ4v) is 2.07. The third kappa shape index (κ3) is 3.44. The first kappa shape index (κ1) is 14.3. The van der Waals surface area contributed by atoms with E-state index in [0.717, 1.165) is 12.3 Å². The third-order valence-corrected chi connectivity index (χ3v) is 3.37. The number of methoxy groups -OCH3 is 1. The van der Waals surface area contributed by atoms with Gasteiger partial charge in [0.25, 0.3) is 0 Å². The number of nitrogens with zero attached hydrogens (tertiary/aromatic N) is 1. The standard InChI is InChI=1S/C17H22N2O/c1-13-11-15(19(2)3)7-10-17(13)18-12-14-5-8-16(20-4)9-6-14/h5-11,18H,12H2,1-4H3. The highest BCUT2D eigenvalue weighted by Crippen LogP contribution is 2.22. The molecule has 3 nitrogen and oxygen atoms in total. The average molecular weight is 270 g/mol. The molecule has 0 amide bonds. The van der Waals surface area contributed by atoms with E-state index in [4.69, 9.17) is 4.74 Å². The summed E-state index contributed by atoms with van der Waals surface area (Å²) in [6, 6.07) is 14.6. The molecule has 0 saturated carbocycles. The molecule has 0 saturated heterocycles. The molecular weight excluding hydrogens is 248 g/mol. The third-order valence-electron chi connectivity index (χ3n) is 3.37. The quantitative estimate of drug-likeness (QED) is 0.897. The Bertz CT molecular complexity index is 562. The molecule has 2 aromatic rings. The summed E-state index contributed by atoms with van der Waals surface area (Å²) >= 11 is 0. The van der Waals surface area contributed by atoms with E-state index in [1.807, 2.05) is 12.1 Å². The van der Waals surface area contributed by atoms with E-state index in [9.17, 15) is 0 Å². The summed E-state index contributed by atoms with van der Waals surface area (Å²) in [5, 5.41) is 3.47. The van der Waals surface area contributed by atoms with Crippen molar-refractivity contribution in [2.75, 3.05) is 31.4 Å². The highest BCUT2D eigenvalue weighted by Gasteiger charge is 2.02. The van der Waals surface area contributed by atoms with Crippen LogP contribution in [0.3, 0.4) is 0 Å². The van der Waals surface area contributed by atoms with Gasteiger partial charge in [0.2, 0.25) is 0 Å². The molecule has 0 fully saturated rings. The summed E-state index contributed by atoms with van der Waals surface area (Å²) in [7, 11) is 5.79. The number of ether oxygens (including phenoxy) is 1. The maximum atomic E-state index is 5.16. The molecule has 0 aromatic heterocycles. The molecule has 0 radical (unpaired) electrons. The minimum atomic E-state index is 0.812. The molecule has 106 valence electrons. The Morgan fingerprint density at radius 3 is 2.30 bits per heavy atom. The zero-order valence-corrected chi connectivity index (χ0v) is 12.6. The number of aryl methyl sites for hydroxylation is 1. The molecule has 2 aromatic carbocycles. The Morgan fingerprint density at radius 2 is 1.75 bits per heavy atom. The van der Waals surface area contributed by atoms with E-state index in [0.29, 0.717) is 0 Å². The van der Waals surface area contributed by atoms with Crippen molar-refractivity contribution in [2.45, 2.75) is 13.5 Å². The Hall–Kier alpha value is -2.16. The summed E-state index contributed by atoms with van der Waals surface area (Å²) < 4.78 is 5.16. The van der Waals surface area contributed by atoms with Crippen molar-refractivity contribution in [3.63, 3.8) is 0 Å². The Kier molecular flexibility index (Phi) is 4.51. The molecule has 0 aliphatic rings. The van der Waals surface area contributed by atoms with Crippen LogP contribution in [0.25, 0.3) is 0 Å². The Morgan fingerprint density at radius 1 is 1.05 bits per heavy atom. The van der Waals surface area contributed by atoms with Crippen LogP contribution in [-0.2, 0) is 6.54 Å². The number of rotatable bonds is 5. The van der Waals surface area contributed by atoms with Gasteiger partial charge in [0.1, 0.15) is 5.75 Å². The van der Waals surface area contributed by atoms with E-state index < -0.39 is 0 Å². The van der Waals surface area contributed by atoms with E-state index >= 15 is 0 Å². The summed E-state index contributed by atoms with van der Waals surface area (Å²) in [6.45, 7) is 2.94. The van der Waals surface area contributed by atoms with Gasteiger partial charge in [-0.25, -0.2) is 0 Å². The topological polar surface area (TPSA) is 24.5 Å². The predicted molar refractivity (Wildman–Crippen MR) is 85.8 cm³/mol. The zero-order chi connectivity index (χ0) is 14.5. The van der Waals surface area contributed by atoms with E-state index in [-0.39, 0.29) is 0 Å². The van der Waals surface area contributed by atoms with E-state index in [2.05, 4.69) is 61.6 Å². The molecule has 3 heteroatoms. The predicted octanol–water partition coefficient (Wildman–Crippen LogP) is 3.68.